The van der Waals surface area contributed by atoms with Crippen molar-refractivity contribution in [3.63, 3.8) is 0 Å². The van der Waals surface area contributed by atoms with Crippen LogP contribution in [0.15, 0.2) is 10.9 Å². The van der Waals surface area contributed by atoms with Gasteiger partial charge in [-0.25, -0.2) is 4.98 Å². The van der Waals surface area contributed by atoms with Crippen molar-refractivity contribution >= 4 is 23.2 Å². The quantitative estimate of drug-likeness (QED) is 0.861. The number of carbonyl (C=O) groups is 2. The van der Waals surface area contributed by atoms with Gasteiger partial charge in [0.25, 0.3) is 0 Å². The van der Waals surface area contributed by atoms with Crippen molar-refractivity contribution in [3.8, 4) is 0 Å². The SMILES string of the molecule is O=C(O)C1CCCCC1C(=O)NCCc1cscn1. The highest BCUT2D eigenvalue weighted by Gasteiger charge is 2.35. The average molecular weight is 282 g/mol. The van der Waals surface area contributed by atoms with Crippen molar-refractivity contribution in [2.24, 2.45) is 11.8 Å². The Labute approximate surface area is 116 Å². The Morgan fingerprint density at radius 2 is 2.11 bits per heavy atom. The summed E-state index contributed by atoms with van der Waals surface area (Å²) >= 11 is 1.53. The zero-order valence-electron chi connectivity index (χ0n) is 10.7. The van der Waals surface area contributed by atoms with Crippen molar-refractivity contribution < 1.29 is 14.7 Å². The largest absolute Gasteiger partial charge is 0.481 e. The fourth-order valence-corrected chi connectivity index (χ4v) is 3.14. The summed E-state index contributed by atoms with van der Waals surface area (Å²) in [6, 6.07) is 0. The molecule has 1 aromatic rings. The Balaban J connectivity index is 1.82. The molecule has 0 spiro atoms. The van der Waals surface area contributed by atoms with E-state index >= 15 is 0 Å². The lowest BCUT2D eigenvalue weighted by molar-refractivity contribution is -0.148. The first-order chi connectivity index (χ1) is 9.18. The molecule has 1 heterocycles. The summed E-state index contributed by atoms with van der Waals surface area (Å²) in [5.41, 5.74) is 2.72. The van der Waals surface area contributed by atoms with E-state index in [4.69, 9.17) is 5.11 Å². The van der Waals surface area contributed by atoms with E-state index in [2.05, 4.69) is 10.3 Å². The topological polar surface area (TPSA) is 79.3 Å². The molecule has 1 aromatic heterocycles. The Hall–Kier alpha value is -1.43. The zero-order chi connectivity index (χ0) is 13.7. The molecule has 2 N–H and O–H groups in total. The van der Waals surface area contributed by atoms with Gasteiger partial charge in [-0.15, -0.1) is 11.3 Å². The number of aliphatic carboxylic acids is 1. The number of carboxylic acids is 1. The van der Waals surface area contributed by atoms with Gasteiger partial charge >= 0.3 is 5.97 Å². The number of carboxylic acid groups (broad SMARTS) is 1. The fraction of sp³-hybridized carbons (Fsp3) is 0.615. The van der Waals surface area contributed by atoms with Crippen molar-refractivity contribution in [1.29, 1.82) is 0 Å². The van der Waals surface area contributed by atoms with Crippen LogP contribution in [0.2, 0.25) is 0 Å². The van der Waals surface area contributed by atoms with E-state index in [-0.39, 0.29) is 11.8 Å². The molecule has 0 aliphatic heterocycles. The Kier molecular flexibility index (Phi) is 4.90. The lowest BCUT2D eigenvalue weighted by Crippen LogP contribution is -2.40. The number of nitrogens with zero attached hydrogens (tertiary/aromatic N) is 1. The van der Waals surface area contributed by atoms with Crippen molar-refractivity contribution in [1.82, 2.24) is 10.3 Å². The number of rotatable bonds is 5. The molecule has 0 bridgehead atoms. The first-order valence-electron chi connectivity index (χ1n) is 6.56. The number of aromatic nitrogens is 1. The van der Waals surface area contributed by atoms with Gasteiger partial charge in [0.05, 0.1) is 23.0 Å². The van der Waals surface area contributed by atoms with Crippen molar-refractivity contribution in [3.05, 3.63) is 16.6 Å². The minimum atomic E-state index is -0.848. The Bertz CT molecular complexity index is 433. The van der Waals surface area contributed by atoms with Crippen LogP contribution in [-0.2, 0) is 16.0 Å². The van der Waals surface area contributed by atoms with Gasteiger partial charge in [0, 0.05) is 18.3 Å². The van der Waals surface area contributed by atoms with Crippen LogP contribution in [0.25, 0.3) is 0 Å². The third kappa shape index (κ3) is 3.76. The summed E-state index contributed by atoms with van der Waals surface area (Å²) in [6.07, 6.45) is 3.83. The van der Waals surface area contributed by atoms with Gasteiger partial charge in [0.1, 0.15) is 0 Å². The summed E-state index contributed by atoms with van der Waals surface area (Å²) < 4.78 is 0. The highest BCUT2D eigenvalue weighted by molar-refractivity contribution is 7.07. The minimum absolute atomic E-state index is 0.123. The number of hydrogen-bond donors (Lipinski definition) is 2. The molecule has 2 atom stereocenters. The number of nitrogens with one attached hydrogen (secondary N) is 1. The Morgan fingerprint density at radius 3 is 2.74 bits per heavy atom. The second kappa shape index (κ2) is 6.65. The van der Waals surface area contributed by atoms with Gasteiger partial charge in [0.2, 0.25) is 5.91 Å². The van der Waals surface area contributed by atoms with Gasteiger partial charge in [-0.1, -0.05) is 12.8 Å². The lowest BCUT2D eigenvalue weighted by Gasteiger charge is -2.27. The van der Waals surface area contributed by atoms with E-state index in [9.17, 15) is 9.59 Å². The third-order valence-electron chi connectivity index (χ3n) is 3.58. The van der Waals surface area contributed by atoms with Gasteiger partial charge < -0.3 is 10.4 Å². The summed E-state index contributed by atoms with van der Waals surface area (Å²) in [5.74, 6) is -1.86. The molecule has 104 valence electrons. The summed E-state index contributed by atoms with van der Waals surface area (Å²) in [4.78, 5) is 27.3. The van der Waals surface area contributed by atoms with Gasteiger partial charge in [-0.3, -0.25) is 9.59 Å². The summed E-state index contributed by atoms with van der Waals surface area (Å²) in [5, 5.41) is 13.9. The Morgan fingerprint density at radius 1 is 1.37 bits per heavy atom. The van der Waals surface area contributed by atoms with Crippen LogP contribution in [0, 0.1) is 11.8 Å². The number of hydrogen-bond acceptors (Lipinski definition) is 4. The lowest BCUT2D eigenvalue weighted by atomic mass is 9.78. The smallest absolute Gasteiger partial charge is 0.307 e. The van der Waals surface area contributed by atoms with E-state index in [1.54, 1.807) is 5.51 Å². The van der Waals surface area contributed by atoms with E-state index in [0.29, 0.717) is 25.8 Å². The second-order valence-electron chi connectivity index (χ2n) is 4.86. The molecule has 19 heavy (non-hydrogen) atoms. The summed E-state index contributed by atoms with van der Waals surface area (Å²) in [6.45, 7) is 0.519. The van der Waals surface area contributed by atoms with Crippen LogP contribution in [0.3, 0.4) is 0 Å². The molecule has 1 aliphatic rings. The maximum atomic E-state index is 12.0. The normalized spacial score (nSPS) is 22.9. The zero-order valence-corrected chi connectivity index (χ0v) is 11.5. The van der Waals surface area contributed by atoms with Crippen LogP contribution in [0.1, 0.15) is 31.4 Å². The van der Waals surface area contributed by atoms with Crippen LogP contribution in [0.5, 0.6) is 0 Å². The number of carbonyl (C=O) groups excluding carboxylic acids is 1. The number of amides is 1. The maximum absolute atomic E-state index is 12.0. The molecule has 2 unspecified atom stereocenters. The predicted octanol–water partition coefficient (Wildman–Crippen LogP) is 1.69. The molecular formula is C13H18N2O3S. The third-order valence-corrected chi connectivity index (χ3v) is 4.22. The second-order valence-corrected chi connectivity index (χ2v) is 5.58. The van der Waals surface area contributed by atoms with Crippen LogP contribution in [-0.4, -0.2) is 28.5 Å². The molecule has 1 fully saturated rings. The highest BCUT2D eigenvalue weighted by Crippen LogP contribution is 2.30. The van der Waals surface area contributed by atoms with Crippen LogP contribution < -0.4 is 5.32 Å². The van der Waals surface area contributed by atoms with Gasteiger partial charge in [0.15, 0.2) is 0 Å². The van der Waals surface area contributed by atoms with Crippen LogP contribution in [0.4, 0.5) is 0 Å². The highest BCUT2D eigenvalue weighted by atomic mass is 32.1. The predicted molar refractivity (Wildman–Crippen MR) is 71.9 cm³/mol. The molecule has 0 saturated heterocycles. The first-order valence-corrected chi connectivity index (χ1v) is 7.50. The molecule has 0 radical (unpaired) electrons. The molecule has 1 aliphatic carbocycles. The molecule has 6 heteroatoms. The van der Waals surface area contributed by atoms with Gasteiger partial charge in [-0.05, 0) is 12.8 Å². The van der Waals surface area contributed by atoms with E-state index in [1.165, 1.54) is 11.3 Å². The molecule has 5 nitrogen and oxygen atoms in total. The molecule has 1 saturated carbocycles. The van der Waals surface area contributed by atoms with Crippen LogP contribution >= 0.6 is 11.3 Å². The molecule has 0 aromatic carbocycles. The first kappa shape index (κ1) is 14.0. The average Bonchev–Trinajstić information content (AvgIpc) is 2.91. The monoisotopic (exact) mass is 282 g/mol. The fourth-order valence-electron chi connectivity index (χ4n) is 2.55. The molecular weight excluding hydrogens is 264 g/mol. The maximum Gasteiger partial charge on any atom is 0.307 e. The number of thiazole rings is 1. The molecule has 2 rings (SSSR count). The standard InChI is InChI=1S/C13H18N2O3S/c16-12(14-6-5-9-7-19-8-15-9)10-3-1-2-4-11(10)13(17)18/h7-8,10-11H,1-6H2,(H,14,16)(H,17,18). The summed E-state index contributed by atoms with van der Waals surface area (Å²) in [7, 11) is 0. The van der Waals surface area contributed by atoms with Gasteiger partial charge in [-0.2, -0.15) is 0 Å². The van der Waals surface area contributed by atoms with E-state index < -0.39 is 11.9 Å². The minimum Gasteiger partial charge on any atom is -0.481 e. The van der Waals surface area contributed by atoms with E-state index in [0.717, 1.165) is 18.5 Å². The van der Waals surface area contributed by atoms with Crippen molar-refractivity contribution in [2.45, 2.75) is 32.1 Å². The van der Waals surface area contributed by atoms with Crippen molar-refractivity contribution in [2.75, 3.05) is 6.54 Å². The van der Waals surface area contributed by atoms with E-state index in [1.807, 2.05) is 5.38 Å². The molecule has 1 amide bonds.